The number of nitrogens with one attached hydrogen (secondary N) is 1. The predicted octanol–water partition coefficient (Wildman–Crippen LogP) is 3.03. The van der Waals surface area contributed by atoms with E-state index < -0.39 is 0 Å². The van der Waals surface area contributed by atoms with Crippen molar-refractivity contribution in [3.05, 3.63) is 65.6 Å². The first-order valence-electron chi connectivity index (χ1n) is 8.76. The van der Waals surface area contributed by atoms with Crippen LogP contribution in [0.5, 0.6) is 0 Å². The number of para-hydroxylation sites is 1. The van der Waals surface area contributed by atoms with Gasteiger partial charge in [-0.15, -0.1) is 0 Å². The van der Waals surface area contributed by atoms with Crippen LogP contribution in [0.3, 0.4) is 0 Å². The van der Waals surface area contributed by atoms with Gasteiger partial charge in [0.15, 0.2) is 0 Å². The molecule has 3 aromatic rings. The maximum atomic E-state index is 13.2. The molecule has 27 heavy (non-hydrogen) atoms. The van der Waals surface area contributed by atoms with E-state index in [0.29, 0.717) is 22.8 Å². The number of aromatic nitrogens is 4. The van der Waals surface area contributed by atoms with Gasteiger partial charge >= 0.3 is 0 Å². The molecule has 2 atom stereocenters. The first-order chi connectivity index (χ1) is 13.1. The second-order valence-corrected chi connectivity index (χ2v) is 7.01. The fourth-order valence-corrected chi connectivity index (χ4v) is 3.59. The summed E-state index contributed by atoms with van der Waals surface area (Å²) in [6, 6.07) is 11.1. The van der Waals surface area contributed by atoms with Gasteiger partial charge in [0.2, 0.25) is 0 Å². The van der Waals surface area contributed by atoms with E-state index in [9.17, 15) is 4.79 Å². The summed E-state index contributed by atoms with van der Waals surface area (Å²) in [6.07, 6.45) is 5.69. The van der Waals surface area contributed by atoms with Crippen molar-refractivity contribution in [2.24, 2.45) is 0 Å². The Labute approximate surface area is 162 Å². The van der Waals surface area contributed by atoms with Gasteiger partial charge in [0.25, 0.3) is 5.91 Å². The van der Waals surface area contributed by atoms with Crippen LogP contribution in [0.15, 0.2) is 55.0 Å². The molecule has 7 nitrogen and oxygen atoms in total. The first-order valence-corrected chi connectivity index (χ1v) is 9.14. The van der Waals surface area contributed by atoms with Crippen LogP contribution < -0.4 is 5.32 Å². The molecule has 4 rings (SSSR count). The van der Waals surface area contributed by atoms with Crippen LogP contribution in [0.2, 0.25) is 5.02 Å². The average Bonchev–Trinajstić information content (AvgIpc) is 3.31. The van der Waals surface area contributed by atoms with Crippen molar-refractivity contribution in [3.63, 3.8) is 0 Å². The Morgan fingerprint density at radius 1 is 1.19 bits per heavy atom. The third kappa shape index (κ3) is 3.64. The molecule has 1 aromatic carbocycles. The zero-order valence-corrected chi connectivity index (χ0v) is 15.5. The SMILES string of the molecule is C[C@@H]1C[C@@H](Nc2cc(Cl)ccn2)CN1C(=O)c1ccccc1-n1nccn1. The second-order valence-electron chi connectivity index (χ2n) is 6.58. The van der Waals surface area contributed by atoms with Crippen molar-refractivity contribution in [1.29, 1.82) is 0 Å². The number of carbonyl (C=O) groups excluding carboxylic acids is 1. The van der Waals surface area contributed by atoms with E-state index >= 15 is 0 Å². The molecular formula is C19H19ClN6O. The van der Waals surface area contributed by atoms with Crippen molar-refractivity contribution < 1.29 is 4.79 Å². The minimum absolute atomic E-state index is 0.0289. The summed E-state index contributed by atoms with van der Waals surface area (Å²) in [6.45, 7) is 2.65. The number of likely N-dealkylation sites (tertiary alicyclic amines) is 1. The lowest BCUT2D eigenvalue weighted by molar-refractivity contribution is 0.0746. The lowest BCUT2D eigenvalue weighted by Crippen LogP contribution is -2.35. The molecule has 8 heteroatoms. The van der Waals surface area contributed by atoms with Crippen LogP contribution in [0.25, 0.3) is 5.69 Å². The molecule has 0 bridgehead atoms. The van der Waals surface area contributed by atoms with E-state index in [1.807, 2.05) is 29.2 Å². The summed E-state index contributed by atoms with van der Waals surface area (Å²) in [4.78, 5) is 20.9. The van der Waals surface area contributed by atoms with E-state index in [4.69, 9.17) is 11.6 Å². The highest BCUT2D eigenvalue weighted by Crippen LogP contribution is 2.25. The number of amides is 1. The Kier molecular flexibility index (Phi) is 4.77. The summed E-state index contributed by atoms with van der Waals surface area (Å²) >= 11 is 6.03. The minimum atomic E-state index is -0.0289. The first kappa shape index (κ1) is 17.5. The molecule has 138 valence electrons. The fraction of sp³-hybridized carbons (Fsp3) is 0.263. The van der Waals surface area contributed by atoms with E-state index in [-0.39, 0.29) is 18.0 Å². The van der Waals surface area contributed by atoms with E-state index in [0.717, 1.165) is 12.2 Å². The highest BCUT2D eigenvalue weighted by atomic mass is 35.5. The van der Waals surface area contributed by atoms with Crippen molar-refractivity contribution >= 4 is 23.3 Å². The van der Waals surface area contributed by atoms with Gasteiger partial charge in [-0.1, -0.05) is 23.7 Å². The molecule has 1 N–H and O–H groups in total. The Morgan fingerprint density at radius 3 is 2.74 bits per heavy atom. The zero-order chi connectivity index (χ0) is 18.8. The fourth-order valence-electron chi connectivity index (χ4n) is 3.44. The molecule has 0 radical (unpaired) electrons. The molecular weight excluding hydrogens is 364 g/mol. The Hall–Kier alpha value is -2.93. The molecule has 1 aliphatic rings. The monoisotopic (exact) mass is 382 g/mol. The van der Waals surface area contributed by atoms with Crippen LogP contribution in [-0.2, 0) is 0 Å². The third-order valence-corrected chi connectivity index (χ3v) is 4.91. The lowest BCUT2D eigenvalue weighted by Gasteiger charge is -2.22. The van der Waals surface area contributed by atoms with Crippen molar-refractivity contribution in [2.45, 2.75) is 25.4 Å². The Morgan fingerprint density at radius 2 is 1.96 bits per heavy atom. The number of pyridine rings is 1. The summed E-state index contributed by atoms with van der Waals surface area (Å²) in [5, 5.41) is 12.3. The number of benzene rings is 1. The van der Waals surface area contributed by atoms with E-state index in [1.165, 1.54) is 4.80 Å². The van der Waals surface area contributed by atoms with Crippen LogP contribution in [-0.4, -0.2) is 49.4 Å². The van der Waals surface area contributed by atoms with Gasteiger partial charge in [-0.25, -0.2) is 4.98 Å². The molecule has 0 spiro atoms. The molecule has 2 aromatic heterocycles. The van der Waals surface area contributed by atoms with Crippen molar-refractivity contribution in [1.82, 2.24) is 24.9 Å². The number of carbonyl (C=O) groups is 1. The molecule has 0 saturated carbocycles. The van der Waals surface area contributed by atoms with Gasteiger partial charge < -0.3 is 10.2 Å². The normalized spacial score (nSPS) is 19.3. The Balaban J connectivity index is 1.53. The number of nitrogens with zero attached hydrogens (tertiary/aromatic N) is 5. The second kappa shape index (κ2) is 7.36. The topological polar surface area (TPSA) is 75.9 Å². The van der Waals surface area contributed by atoms with Gasteiger partial charge in [0.05, 0.1) is 23.6 Å². The van der Waals surface area contributed by atoms with Crippen molar-refractivity contribution in [3.8, 4) is 5.69 Å². The summed E-state index contributed by atoms with van der Waals surface area (Å²) in [5.74, 6) is 0.689. The molecule has 0 unspecified atom stereocenters. The molecule has 1 aliphatic heterocycles. The molecule has 0 aliphatic carbocycles. The highest BCUT2D eigenvalue weighted by molar-refractivity contribution is 6.30. The Bertz CT molecular complexity index is 945. The summed E-state index contributed by atoms with van der Waals surface area (Å²) in [7, 11) is 0. The van der Waals surface area contributed by atoms with Gasteiger partial charge in [0, 0.05) is 29.8 Å². The van der Waals surface area contributed by atoms with Gasteiger partial charge in [0.1, 0.15) is 5.82 Å². The molecule has 1 saturated heterocycles. The molecule has 3 heterocycles. The van der Waals surface area contributed by atoms with Crippen LogP contribution in [0, 0.1) is 0 Å². The predicted molar refractivity (Wildman–Crippen MR) is 103 cm³/mol. The maximum absolute atomic E-state index is 13.2. The summed E-state index contributed by atoms with van der Waals surface area (Å²) in [5.41, 5.74) is 1.26. The van der Waals surface area contributed by atoms with Crippen LogP contribution in [0.1, 0.15) is 23.7 Å². The van der Waals surface area contributed by atoms with E-state index in [1.54, 1.807) is 30.7 Å². The number of halogens is 1. The quantitative estimate of drug-likeness (QED) is 0.750. The van der Waals surface area contributed by atoms with Gasteiger partial charge in [-0.2, -0.15) is 15.0 Å². The van der Waals surface area contributed by atoms with Gasteiger partial charge in [-0.05, 0) is 37.6 Å². The number of rotatable bonds is 4. The smallest absolute Gasteiger partial charge is 0.256 e. The third-order valence-electron chi connectivity index (χ3n) is 4.68. The highest BCUT2D eigenvalue weighted by Gasteiger charge is 2.34. The summed E-state index contributed by atoms with van der Waals surface area (Å²) < 4.78 is 0. The van der Waals surface area contributed by atoms with E-state index in [2.05, 4.69) is 27.4 Å². The number of anilines is 1. The van der Waals surface area contributed by atoms with Crippen LogP contribution in [0.4, 0.5) is 5.82 Å². The van der Waals surface area contributed by atoms with Crippen LogP contribution >= 0.6 is 11.6 Å². The van der Waals surface area contributed by atoms with Crippen molar-refractivity contribution in [2.75, 3.05) is 11.9 Å². The largest absolute Gasteiger partial charge is 0.365 e. The number of hydrogen-bond donors (Lipinski definition) is 1. The molecule has 1 amide bonds. The number of hydrogen-bond acceptors (Lipinski definition) is 5. The van der Waals surface area contributed by atoms with Gasteiger partial charge in [-0.3, -0.25) is 4.79 Å². The minimum Gasteiger partial charge on any atom is -0.365 e. The maximum Gasteiger partial charge on any atom is 0.256 e. The average molecular weight is 383 g/mol. The lowest BCUT2D eigenvalue weighted by atomic mass is 10.1. The zero-order valence-electron chi connectivity index (χ0n) is 14.8. The molecule has 1 fully saturated rings. The standard InChI is InChI=1S/C19H19ClN6O/c1-13-10-15(24-18-11-14(20)6-7-21-18)12-25(13)19(27)16-4-2-3-5-17(16)26-22-8-9-23-26/h2-9,11,13,15H,10,12H2,1H3,(H,21,24)/t13-,15-/m1/s1.